The molecule has 0 bridgehead atoms. The molecule has 1 aromatic rings. The van der Waals surface area contributed by atoms with E-state index in [1.807, 2.05) is 26.0 Å². The fraction of sp³-hybridized carbons (Fsp3) is 0.462. The maximum Gasteiger partial charge on any atom is 0.104 e. The molecule has 1 aromatic carbocycles. The molecular formula is C13H18ClNO2S. The second kappa shape index (κ2) is 7.69. The third kappa shape index (κ3) is 4.90. The Labute approximate surface area is 118 Å². The van der Waals surface area contributed by atoms with Crippen LogP contribution in [0.4, 0.5) is 0 Å². The van der Waals surface area contributed by atoms with Crippen molar-refractivity contribution >= 4 is 28.8 Å². The minimum Gasteiger partial charge on any atom is -0.389 e. The van der Waals surface area contributed by atoms with Gasteiger partial charge in [-0.1, -0.05) is 36.0 Å². The minimum atomic E-state index is 0.0382. The third-order valence-corrected chi connectivity index (χ3v) is 3.01. The van der Waals surface area contributed by atoms with Crippen LogP contribution in [0.15, 0.2) is 18.2 Å². The lowest BCUT2D eigenvalue weighted by atomic mass is 10.1. The molecule has 0 saturated carbocycles. The van der Waals surface area contributed by atoms with Crippen LogP contribution in [0.25, 0.3) is 0 Å². The highest BCUT2D eigenvalue weighted by Gasteiger charge is 2.07. The van der Waals surface area contributed by atoms with Crippen LogP contribution >= 0.6 is 23.8 Å². The summed E-state index contributed by atoms with van der Waals surface area (Å²) in [5.41, 5.74) is 7.22. The zero-order valence-corrected chi connectivity index (χ0v) is 12.2. The molecule has 0 spiro atoms. The van der Waals surface area contributed by atoms with E-state index in [0.717, 1.165) is 11.1 Å². The van der Waals surface area contributed by atoms with Gasteiger partial charge in [0.15, 0.2) is 0 Å². The van der Waals surface area contributed by atoms with Gasteiger partial charge < -0.3 is 15.2 Å². The molecule has 5 heteroatoms. The van der Waals surface area contributed by atoms with Gasteiger partial charge >= 0.3 is 0 Å². The highest BCUT2D eigenvalue weighted by atomic mass is 35.5. The summed E-state index contributed by atoms with van der Waals surface area (Å²) in [6.07, 6.45) is 0.0382. The molecule has 0 saturated heterocycles. The minimum absolute atomic E-state index is 0.0382. The lowest BCUT2D eigenvalue weighted by Gasteiger charge is -2.14. The van der Waals surface area contributed by atoms with Crippen molar-refractivity contribution in [2.24, 2.45) is 5.73 Å². The first kappa shape index (κ1) is 15.4. The lowest BCUT2D eigenvalue weighted by molar-refractivity contribution is -0.0116. The Morgan fingerprint density at radius 2 is 2.22 bits per heavy atom. The molecular weight excluding hydrogens is 270 g/mol. The maximum atomic E-state index is 6.13. The summed E-state index contributed by atoms with van der Waals surface area (Å²) in [7, 11) is 0. The van der Waals surface area contributed by atoms with Gasteiger partial charge in [0.2, 0.25) is 0 Å². The highest BCUT2D eigenvalue weighted by molar-refractivity contribution is 7.80. The van der Waals surface area contributed by atoms with E-state index in [1.165, 1.54) is 0 Å². The summed E-state index contributed by atoms with van der Waals surface area (Å²) < 4.78 is 10.9. The Morgan fingerprint density at radius 1 is 1.50 bits per heavy atom. The van der Waals surface area contributed by atoms with Crippen molar-refractivity contribution < 1.29 is 9.47 Å². The molecule has 0 heterocycles. The number of rotatable bonds is 7. The standard InChI is InChI=1S/C13H18ClNO2S/c1-3-16-7-9(2)17-8-11-5-4-10(13(15)18)6-12(11)14/h4-6,9H,3,7-8H2,1-2H3,(H2,15,18). The van der Waals surface area contributed by atoms with Gasteiger partial charge in [0, 0.05) is 17.2 Å². The summed E-state index contributed by atoms with van der Waals surface area (Å²) in [6.45, 7) is 5.64. The SMILES string of the molecule is CCOCC(C)OCc1ccc(C(N)=S)cc1Cl. The summed E-state index contributed by atoms with van der Waals surface area (Å²) >= 11 is 11.0. The second-order valence-electron chi connectivity index (χ2n) is 3.95. The van der Waals surface area contributed by atoms with Gasteiger partial charge in [-0.15, -0.1) is 0 Å². The van der Waals surface area contributed by atoms with Crippen molar-refractivity contribution in [3.8, 4) is 0 Å². The van der Waals surface area contributed by atoms with Crippen molar-refractivity contribution in [2.45, 2.75) is 26.6 Å². The van der Waals surface area contributed by atoms with Gasteiger partial charge in [-0.3, -0.25) is 0 Å². The Hall–Kier alpha value is -0.680. The molecule has 0 amide bonds. The van der Waals surface area contributed by atoms with E-state index < -0.39 is 0 Å². The van der Waals surface area contributed by atoms with Crippen LogP contribution in [0, 0.1) is 0 Å². The molecule has 0 radical (unpaired) electrons. The number of benzene rings is 1. The number of nitrogens with two attached hydrogens (primary N) is 1. The van der Waals surface area contributed by atoms with Crippen LogP contribution in [-0.4, -0.2) is 24.3 Å². The molecule has 0 aliphatic rings. The van der Waals surface area contributed by atoms with Gasteiger partial charge in [0.05, 0.1) is 19.3 Å². The Balaban J connectivity index is 2.55. The number of halogens is 1. The van der Waals surface area contributed by atoms with Crippen molar-refractivity contribution in [3.05, 3.63) is 34.3 Å². The summed E-state index contributed by atoms with van der Waals surface area (Å²) in [4.78, 5) is 0.342. The molecule has 0 aromatic heterocycles. The van der Waals surface area contributed by atoms with Crippen molar-refractivity contribution in [1.82, 2.24) is 0 Å². The van der Waals surface area contributed by atoms with E-state index >= 15 is 0 Å². The normalized spacial score (nSPS) is 12.4. The van der Waals surface area contributed by atoms with Crippen molar-refractivity contribution in [3.63, 3.8) is 0 Å². The molecule has 1 unspecified atom stereocenters. The highest BCUT2D eigenvalue weighted by Crippen LogP contribution is 2.19. The zero-order chi connectivity index (χ0) is 13.5. The molecule has 3 nitrogen and oxygen atoms in total. The van der Waals surface area contributed by atoms with Crippen molar-refractivity contribution in [2.75, 3.05) is 13.2 Å². The maximum absolute atomic E-state index is 6.13. The van der Waals surface area contributed by atoms with E-state index in [-0.39, 0.29) is 6.10 Å². The predicted molar refractivity (Wildman–Crippen MR) is 78.1 cm³/mol. The molecule has 2 N–H and O–H groups in total. The quantitative estimate of drug-likeness (QED) is 0.783. The topological polar surface area (TPSA) is 44.5 Å². The fourth-order valence-electron chi connectivity index (χ4n) is 1.38. The Bertz CT molecular complexity index is 412. The molecule has 18 heavy (non-hydrogen) atoms. The molecule has 1 atom stereocenters. The van der Waals surface area contributed by atoms with Gasteiger partial charge in [0.1, 0.15) is 4.99 Å². The summed E-state index contributed by atoms with van der Waals surface area (Å²) in [6, 6.07) is 5.49. The first-order valence-corrected chi connectivity index (χ1v) is 6.60. The number of ether oxygens (including phenoxy) is 2. The Kier molecular flexibility index (Phi) is 6.57. The van der Waals surface area contributed by atoms with E-state index in [9.17, 15) is 0 Å². The second-order valence-corrected chi connectivity index (χ2v) is 4.80. The number of thiocarbonyl (C=S) groups is 1. The third-order valence-electron chi connectivity index (χ3n) is 2.42. The van der Waals surface area contributed by atoms with E-state index in [2.05, 4.69) is 0 Å². The van der Waals surface area contributed by atoms with Gasteiger partial charge in [-0.05, 0) is 25.5 Å². The zero-order valence-electron chi connectivity index (χ0n) is 10.6. The van der Waals surface area contributed by atoms with Gasteiger partial charge in [0.25, 0.3) is 0 Å². The number of hydrogen-bond donors (Lipinski definition) is 1. The fourth-order valence-corrected chi connectivity index (χ4v) is 1.74. The largest absolute Gasteiger partial charge is 0.389 e. The average Bonchev–Trinajstić information content (AvgIpc) is 2.34. The number of hydrogen-bond acceptors (Lipinski definition) is 3. The van der Waals surface area contributed by atoms with E-state index in [0.29, 0.717) is 29.8 Å². The summed E-state index contributed by atoms with van der Waals surface area (Å²) in [5, 5.41) is 0.615. The predicted octanol–water partition coefficient (Wildman–Crippen LogP) is 2.92. The van der Waals surface area contributed by atoms with Gasteiger partial charge in [-0.2, -0.15) is 0 Å². The monoisotopic (exact) mass is 287 g/mol. The molecule has 1 rings (SSSR count). The van der Waals surface area contributed by atoms with Crippen LogP contribution in [0.5, 0.6) is 0 Å². The average molecular weight is 288 g/mol. The summed E-state index contributed by atoms with van der Waals surface area (Å²) in [5.74, 6) is 0. The van der Waals surface area contributed by atoms with E-state index in [4.69, 9.17) is 39.0 Å². The van der Waals surface area contributed by atoms with Crippen LogP contribution in [0.3, 0.4) is 0 Å². The van der Waals surface area contributed by atoms with Crippen LogP contribution in [0.2, 0.25) is 5.02 Å². The first-order chi connectivity index (χ1) is 8.54. The van der Waals surface area contributed by atoms with Crippen LogP contribution in [0.1, 0.15) is 25.0 Å². The van der Waals surface area contributed by atoms with Gasteiger partial charge in [-0.25, -0.2) is 0 Å². The Morgan fingerprint density at radius 3 is 2.78 bits per heavy atom. The molecule has 0 aliphatic carbocycles. The molecule has 0 aliphatic heterocycles. The lowest BCUT2D eigenvalue weighted by Crippen LogP contribution is -2.16. The van der Waals surface area contributed by atoms with Crippen LogP contribution < -0.4 is 5.73 Å². The molecule has 0 fully saturated rings. The van der Waals surface area contributed by atoms with E-state index in [1.54, 1.807) is 6.07 Å². The van der Waals surface area contributed by atoms with Crippen LogP contribution in [-0.2, 0) is 16.1 Å². The van der Waals surface area contributed by atoms with Crippen molar-refractivity contribution in [1.29, 1.82) is 0 Å². The molecule has 100 valence electrons. The first-order valence-electron chi connectivity index (χ1n) is 5.82. The smallest absolute Gasteiger partial charge is 0.104 e.